The number of rotatable bonds is 5. The number of nitrogens with two attached hydrogens (primary N) is 1. The average molecular weight is 345 g/mol. The number of hydrogen-bond donors (Lipinski definition) is 2. The number of carbonyl (C=O) groups is 2. The number of primary amides is 1. The van der Waals surface area contributed by atoms with Crippen LogP contribution in [0.1, 0.15) is 28.9 Å². The number of aromatic nitrogens is 2. The molecule has 2 aromatic rings. The first-order valence-electron chi connectivity index (χ1n) is 7.82. The Morgan fingerprint density at radius 2 is 2.12 bits per heavy atom. The van der Waals surface area contributed by atoms with Crippen molar-refractivity contribution in [2.75, 3.05) is 18.0 Å². The molecule has 24 heavy (non-hydrogen) atoms. The molecular weight excluding hydrogens is 326 g/mol. The topological polar surface area (TPSA) is 101 Å². The fourth-order valence-corrected chi connectivity index (χ4v) is 3.22. The molecule has 2 heterocycles. The Kier molecular flexibility index (Phi) is 5.05. The van der Waals surface area contributed by atoms with Gasteiger partial charge < -0.3 is 16.0 Å². The summed E-state index contributed by atoms with van der Waals surface area (Å²) in [7, 11) is 0. The second-order valence-corrected chi connectivity index (χ2v) is 6.39. The molecule has 3 rings (SSSR count). The van der Waals surface area contributed by atoms with Crippen molar-refractivity contribution in [1.82, 2.24) is 14.1 Å². The zero-order chi connectivity index (χ0) is 16.9. The highest BCUT2D eigenvalue weighted by atomic mass is 32.1. The van der Waals surface area contributed by atoms with Gasteiger partial charge in [0.25, 0.3) is 5.91 Å². The van der Waals surface area contributed by atoms with Gasteiger partial charge in [-0.15, -0.1) is 0 Å². The number of anilines is 1. The summed E-state index contributed by atoms with van der Waals surface area (Å²) < 4.78 is 7.71. The first-order chi connectivity index (χ1) is 11.6. The van der Waals surface area contributed by atoms with Crippen molar-refractivity contribution in [3.8, 4) is 0 Å². The van der Waals surface area contributed by atoms with E-state index < -0.39 is 0 Å². The number of hydrogen-bond acceptors (Lipinski definition) is 6. The van der Waals surface area contributed by atoms with Gasteiger partial charge in [0.05, 0.1) is 23.8 Å². The quantitative estimate of drug-likeness (QED) is 0.847. The zero-order valence-electron chi connectivity index (χ0n) is 13.1. The Labute approximate surface area is 144 Å². The average Bonchev–Trinajstić information content (AvgIpc) is 3.15. The monoisotopic (exact) mass is 345 g/mol. The third-order valence-electron chi connectivity index (χ3n) is 4.17. The van der Waals surface area contributed by atoms with E-state index in [-0.39, 0.29) is 17.7 Å². The molecule has 3 N–H and O–H groups in total. The normalized spacial score (nSPS) is 17.5. The molecule has 1 aliphatic rings. The minimum absolute atomic E-state index is 0.0792. The minimum atomic E-state index is -0.229. The molecular formula is C16H19N5O2S. The lowest BCUT2D eigenvalue weighted by Gasteiger charge is -2.33. The number of benzene rings is 1. The highest BCUT2D eigenvalue weighted by molar-refractivity contribution is 6.99. The SMILES string of the molecule is NC(=O)[C@H]1CCCN(c2ccc(CNC(=O)c3cnsn3)cc2)C1. The van der Waals surface area contributed by atoms with Crippen LogP contribution in [-0.2, 0) is 11.3 Å². The molecule has 0 aliphatic carbocycles. The van der Waals surface area contributed by atoms with Crippen molar-refractivity contribution in [2.45, 2.75) is 19.4 Å². The third-order valence-corrected chi connectivity index (χ3v) is 4.65. The van der Waals surface area contributed by atoms with Crippen LogP contribution in [0.2, 0.25) is 0 Å². The maximum Gasteiger partial charge on any atom is 0.272 e. The summed E-state index contributed by atoms with van der Waals surface area (Å²) in [5.41, 5.74) is 7.83. The van der Waals surface area contributed by atoms with Crippen LogP contribution >= 0.6 is 11.7 Å². The van der Waals surface area contributed by atoms with Gasteiger partial charge in [0.15, 0.2) is 5.69 Å². The molecule has 1 fully saturated rings. The van der Waals surface area contributed by atoms with Gasteiger partial charge >= 0.3 is 0 Å². The van der Waals surface area contributed by atoms with Crippen molar-refractivity contribution in [3.63, 3.8) is 0 Å². The molecule has 1 atom stereocenters. The molecule has 0 unspecified atom stereocenters. The third kappa shape index (κ3) is 3.88. The second-order valence-electron chi connectivity index (χ2n) is 5.83. The van der Waals surface area contributed by atoms with Gasteiger partial charge in [-0.1, -0.05) is 12.1 Å². The van der Waals surface area contributed by atoms with Crippen LogP contribution in [0.3, 0.4) is 0 Å². The van der Waals surface area contributed by atoms with E-state index in [1.807, 2.05) is 24.3 Å². The van der Waals surface area contributed by atoms with Crippen molar-refractivity contribution in [2.24, 2.45) is 11.7 Å². The summed E-state index contributed by atoms with van der Waals surface area (Å²) in [6, 6.07) is 7.97. The summed E-state index contributed by atoms with van der Waals surface area (Å²) >= 11 is 1.01. The number of nitrogens with one attached hydrogen (secondary N) is 1. The molecule has 126 valence electrons. The maximum absolute atomic E-state index is 11.8. The summed E-state index contributed by atoms with van der Waals surface area (Å²) in [4.78, 5) is 25.4. The summed E-state index contributed by atoms with van der Waals surface area (Å²) in [5, 5.41) is 2.81. The molecule has 1 aliphatic heterocycles. The lowest BCUT2D eigenvalue weighted by molar-refractivity contribution is -0.122. The van der Waals surface area contributed by atoms with Crippen LogP contribution in [0.25, 0.3) is 0 Å². The van der Waals surface area contributed by atoms with Crippen molar-refractivity contribution in [1.29, 1.82) is 0 Å². The van der Waals surface area contributed by atoms with Gasteiger partial charge in [0, 0.05) is 25.3 Å². The van der Waals surface area contributed by atoms with Gasteiger partial charge in [-0.2, -0.15) is 8.75 Å². The number of carbonyl (C=O) groups excluding carboxylic acids is 2. The maximum atomic E-state index is 11.8. The Morgan fingerprint density at radius 3 is 2.79 bits per heavy atom. The molecule has 7 nitrogen and oxygen atoms in total. The smallest absolute Gasteiger partial charge is 0.272 e. The summed E-state index contributed by atoms with van der Waals surface area (Å²) in [6.45, 7) is 2.03. The van der Waals surface area contributed by atoms with E-state index in [0.717, 1.165) is 42.4 Å². The predicted octanol–water partition coefficient (Wildman–Crippen LogP) is 1.17. The molecule has 1 aromatic carbocycles. The first kappa shape index (κ1) is 16.4. The molecule has 0 bridgehead atoms. The van der Waals surface area contributed by atoms with Crippen molar-refractivity contribution >= 4 is 29.2 Å². The Balaban J connectivity index is 1.57. The van der Waals surface area contributed by atoms with E-state index in [1.54, 1.807) is 0 Å². The molecule has 2 amide bonds. The second kappa shape index (κ2) is 7.39. The van der Waals surface area contributed by atoms with E-state index in [4.69, 9.17) is 5.73 Å². The fourth-order valence-electron chi connectivity index (χ4n) is 2.81. The molecule has 1 saturated heterocycles. The largest absolute Gasteiger partial charge is 0.371 e. The summed E-state index contributed by atoms with van der Waals surface area (Å²) in [6.07, 6.45) is 3.28. The van der Waals surface area contributed by atoms with Crippen LogP contribution < -0.4 is 16.0 Å². The minimum Gasteiger partial charge on any atom is -0.371 e. The van der Waals surface area contributed by atoms with Crippen LogP contribution in [0.5, 0.6) is 0 Å². The number of nitrogens with zero attached hydrogens (tertiary/aromatic N) is 3. The van der Waals surface area contributed by atoms with Gasteiger partial charge in [0.2, 0.25) is 5.91 Å². The predicted molar refractivity (Wildman–Crippen MR) is 91.7 cm³/mol. The fraction of sp³-hybridized carbons (Fsp3) is 0.375. The lowest BCUT2D eigenvalue weighted by Crippen LogP contribution is -2.41. The van der Waals surface area contributed by atoms with Crippen molar-refractivity contribution < 1.29 is 9.59 Å². The van der Waals surface area contributed by atoms with E-state index in [9.17, 15) is 9.59 Å². The van der Waals surface area contributed by atoms with Crippen LogP contribution in [0.15, 0.2) is 30.5 Å². The van der Waals surface area contributed by atoms with E-state index in [1.165, 1.54) is 6.20 Å². The Hall–Kier alpha value is -2.48. The van der Waals surface area contributed by atoms with E-state index >= 15 is 0 Å². The number of amides is 2. The lowest BCUT2D eigenvalue weighted by atomic mass is 9.97. The molecule has 1 aromatic heterocycles. The van der Waals surface area contributed by atoms with Crippen molar-refractivity contribution in [3.05, 3.63) is 41.7 Å². The van der Waals surface area contributed by atoms with Crippen LogP contribution in [-0.4, -0.2) is 33.7 Å². The Morgan fingerprint density at radius 1 is 1.33 bits per heavy atom. The molecule has 0 saturated carbocycles. The van der Waals surface area contributed by atoms with Gasteiger partial charge in [-0.05, 0) is 30.5 Å². The first-order valence-corrected chi connectivity index (χ1v) is 8.55. The highest BCUT2D eigenvalue weighted by Gasteiger charge is 2.24. The number of piperidine rings is 1. The Bertz CT molecular complexity index is 702. The van der Waals surface area contributed by atoms with Crippen LogP contribution in [0, 0.1) is 5.92 Å². The molecule has 0 radical (unpaired) electrons. The standard InChI is InChI=1S/C16H19N5O2S/c17-15(22)12-2-1-7-21(10-12)13-5-3-11(4-6-13)8-18-16(23)14-9-19-24-20-14/h3-6,9,12H,1-2,7-8,10H2,(H2,17,22)(H,18,23)/t12-/m0/s1. The van der Waals surface area contributed by atoms with Gasteiger partial charge in [-0.3, -0.25) is 9.59 Å². The van der Waals surface area contributed by atoms with Gasteiger partial charge in [0.1, 0.15) is 0 Å². The van der Waals surface area contributed by atoms with E-state index in [0.29, 0.717) is 18.8 Å². The highest BCUT2D eigenvalue weighted by Crippen LogP contribution is 2.23. The van der Waals surface area contributed by atoms with Crippen LogP contribution in [0.4, 0.5) is 5.69 Å². The summed E-state index contributed by atoms with van der Waals surface area (Å²) in [5.74, 6) is -0.534. The molecule has 0 spiro atoms. The van der Waals surface area contributed by atoms with E-state index in [2.05, 4.69) is 19.0 Å². The zero-order valence-corrected chi connectivity index (χ0v) is 14.0. The van der Waals surface area contributed by atoms with Gasteiger partial charge in [-0.25, -0.2) is 0 Å². The molecule has 8 heteroatoms.